The fraction of sp³-hybridized carbons (Fsp3) is 0.647. The lowest BCUT2D eigenvalue weighted by Crippen LogP contribution is -2.41. The minimum atomic E-state index is 0.409. The maximum Gasteiger partial charge on any atom is 0.115 e. The SMILES string of the molecule is CCC1CN(C)CCCN1C1CCc2cc(O)ccc21. The summed E-state index contributed by atoms with van der Waals surface area (Å²) in [6, 6.07) is 7.17. The van der Waals surface area contributed by atoms with Gasteiger partial charge in [-0.05, 0) is 62.5 Å². The van der Waals surface area contributed by atoms with Gasteiger partial charge >= 0.3 is 0 Å². The van der Waals surface area contributed by atoms with Crippen LogP contribution in [0.2, 0.25) is 0 Å². The van der Waals surface area contributed by atoms with E-state index in [-0.39, 0.29) is 0 Å². The maximum atomic E-state index is 9.65. The minimum absolute atomic E-state index is 0.409. The van der Waals surface area contributed by atoms with E-state index in [9.17, 15) is 5.11 Å². The molecule has 110 valence electrons. The molecule has 2 atom stereocenters. The molecule has 3 nitrogen and oxygen atoms in total. The number of rotatable bonds is 2. The van der Waals surface area contributed by atoms with Crippen molar-refractivity contribution in [2.24, 2.45) is 0 Å². The number of likely N-dealkylation sites (N-methyl/N-ethyl adjacent to an activating group) is 1. The van der Waals surface area contributed by atoms with Crippen LogP contribution in [0.4, 0.5) is 0 Å². The molecule has 3 heteroatoms. The molecule has 1 aromatic rings. The summed E-state index contributed by atoms with van der Waals surface area (Å²) in [5, 5.41) is 9.65. The van der Waals surface area contributed by atoms with Gasteiger partial charge in [0, 0.05) is 25.2 Å². The van der Waals surface area contributed by atoms with E-state index in [2.05, 4.69) is 29.8 Å². The third-order valence-electron chi connectivity index (χ3n) is 4.99. The van der Waals surface area contributed by atoms with Crippen LogP contribution < -0.4 is 0 Å². The number of phenols is 1. The second-order valence-corrected chi connectivity index (χ2v) is 6.35. The molecule has 20 heavy (non-hydrogen) atoms. The Kier molecular flexibility index (Phi) is 3.99. The van der Waals surface area contributed by atoms with Crippen molar-refractivity contribution in [3.8, 4) is 5.75 Å². The highest BCUT2D eigenvalue weighted by atomic mass is 16.3. The molecule has 0 spiro atoms. The van der Waals surface area contributed by atoms with Crippen LogP contribution in [0.5, 0.6) is 5.75 Å². The average molecular weight is 274 g/mol. The van der Waals surface area contributed by atoms with Crippen molar-refractivity contribution in [3.05, 3.63) is 29.3 Å². The average Bonchev–Trinajstić information content (AvgIpc) is 2.74. The molecule has 1 heterocycles. The molecular weight excluding hydrogens is 248 g/mol. The molecule has 0 aromatic heterocycles. The monoisotopic (exact) mass is 274 g/mol. The Morgan fingerprint density at radius 1 is 1.30 bits per heavy atom. The number of nitrogens with zero attached hydrogens (tertiary/aromatic N) is 2. The van der Waals surface area contributed by atoms with E-state index < -0.39 is 0 Å². The van der Waals surface area contributed by atoms with Crippen molar-refractivity contribution in [2.75, 3.05) is 26.7 Å². The Hall–Kier alpha value is -1.06. The van der Waals surface area contributed by atoms with Crippen LogP contribution in [0.25, 0.3) is 0 Å². The van der Waals surface area contributed by atoms with Gasteiger partial charge in [-0.15, -0.1) is 0 Å². The summed E-state index contributed by atoms with van der Waals surface area (Å²) in [6.07, 6.45) is 4.79. The van der Waals surface area contributed by atoms with Gasteiger partial charge in [-0.3, -0.25) is 4.90 Å². The molecule has 1 aliphatic carbocycles. The van der Waals surface area contributed by atoms with Gasteiger partial charge in [0.25, 0.3) is 0 Å². The van der Waals surface area contributed by atoms with E-state index in [4.69, 9.17) is 0 Å². The molecular formula is C17H26N2O. The zero-order chi connectivity index (χ0) is 14.1. The van der Waals surface area contributed by atoms with Crippen LogP contribution in [0.15, 0.2) is 18.2 Å². The van der Waals surface area contributed by atoms with Crippen molar-refractivity contribution in [1.82, 2.24) is 9.80 Å². The Bertz CT molecular complexity index is 474. The lowest BCUT2D eigenvalue weighted by atomic mass is 10.0. The van der Waals surface area contributed by atoms with Crippen molar-refractivity contribution < 1.29 is 5.11 Å². The van der Waals surface area contributed by atoms with Gasteiger partial charge in [0.05, 0.1) is 0 Å². The quantitative estimate of drug-likeness (QED) is 0.898. The molecule has 1 aliphatic heterocycles. The number of benzene rings is 1. The zero-order valence-corrected chi connectivity index (χ0v) is 12.7. The van der Waals surface area contributed by atoms with Crippen LogP contribution in [0.3, 0.4) is 0 Å². The third-order valence-corrected chi connectivity index (χ3v) is 4.99. The standard InChI is InChI=1S/C17H26N2O/c1-3-14-12-18(2)9-4-10-19(14)17-8-5-13-11-15(20)6-7-16(13)17/h6-7,11,14,17,20H,3-5,8-10,12H2,1-2H3. The zero-order valence-electron chi connectivity index (χ0n) is 12.7. The predicted octanol–water partition coefficient (Wildman–Crippen LogP) is 2.80. The van der Waals surface area contributed by atoms with Gasteiger partial charge in [0.15, 0.2) is 0 Å². The van der Waals surface area contributed by atoms with E-state index >= 15 is 0 Å². The van der Waals surface area contributed by atoms with Crippen LogP contribution in [-0.2, 0) is 6.42 Å². The second kappa shape index (κ2) is 5.74. The first-order valence-corrected chi connectivity index (χ1v) is 7.95. The lowest BCUT2D eigenvalue weighted by Gasteiger charge is -2.35. The maximum absolute atomic E-state index is 9.65. The molecule has 0 amide bonds. The number of hydrogen-bond acceptors (Lipinski definition) is 3. The van der Waals surface area contributed by atoms with E-state index in [1.54, 1.807) is 0 Å². The highest BCUT2D eigenvalue weighted by molar-refractivity contribution is 5.40. The first kappa shape index (κ1) is 13.9. The molecule has 0 saturated carbocycles. The number of fused-ring (bicyclic) bond motifs is 1. The highest BCUT2D eigenvalue weighted by Gasteiger charge is 2.33. The number of phenolic OH excluding ortho intramolecular Hbond substituents is 1. The molecule has 0 radical (unpaired) electrons. The molecule has 2 unspecified atom stereocenters. The van der Waals surface area contributed by atoms with Crippen molar-refractivity contribution in [3.63, 3.8) is 0 Å². The fourth-order valence-corrected chi connectivity index (χ4v) is 3.96. The molecule has 3 rings (SSSR count). The number of aryl methyl sites for hydroxylation is 1. The Labute approximate surface area is 122 Å². The first-order chi connectivity index (χ1) is 9.69. The first-order valence-electron chi connectivity index (χ1n) is 7.95. The fourth-order valence-electron chi connectivity index (χ4n) is 3.96. The predicted molar refractivity (Wildman–Crippen MR) is 82.1 cm³/mol. The topological polar surface area (TPSA) is 26.7 Å². The minimum Gasteiger partial charge on any atom is -0.508 e. The highest BCUT2D eigenvalue weighted by Crippen LogP contribution is 2.39. The van der Waals surface area contributed by atoms with Gasteiger partial charge in [-0.25, -0.2) is 0 Å². The Morgan fingerprint density at radius 2 is 2.15 bits per heavy atom. The second-order valence-electron chi connectivity index (χ2n) is 6.35. The van der Waals surface area contributed by atoms with Gasteiger partial charge in [0.2, 0.25) is 0 Å². The summed E-state index contributed by atoms with van der Waals surface area (Å²) in [5.74, 6) is 0.409. The molecule has 1 aromatic carbocycles. The molecule has 0 bridgehead atoms. The lowest BCUT2D eigenvalue weighted by molar-refractivity contribution is 0.127. The van der Waals surface area contributed by atoms with Crippen molar-refractivity contribution in [1.29, 1.82) is 0 Å². The van der Waals surface area contributed by atoms with Crippen LogP contribution in [-0.4, -0.2) is 47.6 Å². The summed E-state index contributed by atoms with van der Waals surface area (Å²) < 4.78 is 0. The van der Waals surface area contributed by atoms with Crippen LogP contribution in [0.1, 0.15) is 43.4 Å². The van der Waals surface area contributed by atoms with E-state index in [0.29, 0.717) is 17.8 Å². The summed E-state index contributed by atoms with van der Waals surface area (Å²) in [5.41, 5.74) is 2.80. The van der Waals surface area contributed by atoms with Crippen molar-refractivity contribution >= 4 is 0 Å². The normalized spacial score (nSPS) is 28.3. The molecule has 1 saturated heterocycles. The van der Waals surface area contributed by atoms with Gasteiger partial charge in [-0.1, -0.05) is 13.0 Å². The summed E-state index contributed by atoms with van der Waals surface area (Å²) >= 11 is 0. The molecule has 1 N–H and O–H groups in total. The number of hydrogen-bond donors (Lipinski definition) is 1. The molecule has 1 fully saturated rings. The van der Waals surface area contributed by atoms with E-state index in [1.165, 1.54) is 50.0 Å². The van der Waals surface area contributed by atoms with Gasteiger partial charge in [-0.2, -0.15) is 0 Å². The Morgan fingerprint density at radius 3 is 2.95 bits per heavy atom. The Balaban J connectivity index is 1.86. The smallest absolute Gasteiger partial charge is 0.115 e. The van der Waals surface area contributed by atoms with E-state index in [0.717, 1.165) is 6.42 Å². The third kappa shape index (κ3) is 2.57. The largest absolute Gasteiger partial charge is 0.508 e. The summed E-state index contributed by atoms with van der Waals surface area (Å²) in [6.45, 7) is 5.90. The van der Waals surface area contributed by atoms with Gasteiger partial charge in [0.1, 0.15) is 5.75 Å². The number of aromatic hydroxyl groups is 1. The van der Waals surface area contributed by atoms with Crippen molar-refractivity contribution in [2.45, 2.75) is 44.7 Å². The van der Waals surface area contributed by atoms with E-state index in [1.807, 2.05) is 12.1 Å². The molecule has 2 aliphatic rings. The van der Waals surface area contributed by atoms with Gasteiger partial charge < -0.3 is 10.0 Å². The summed E-state index contributed by atoms with van der Waals surface area (Å²) in [7, 11) is 2.24. The van der Waals surface area contributed by atoms with Crippen LogP contribution >= 0.6 is 0 Å². The van der Waals surface area contributed by atoms with Crippen LogP contribution in [0, 0.1) is 0 Å². The summed E-state index contributed by atoms with van der Waals surface area (Å²) in [4.78, 5) is 5.20.